The van der Waals surface area contributed by atoms with Crippen LogP contribution < -0.4 is 0 Å². The van der Waals surface area contributed by atoms with Gasteiger partial charge in [-0.1, -0.05) is 13.0 Å². The van der Waals surface area contributed by atoms with Crippen molar-refractivity contribution in [2.24, 2.45) is 0 Å². The number of rotatable bonds is 5. The van der Waals surface area contributed by atoms with Crippen LogP contribution in [0.3, 0.4) is 0 Å². The van der Waals surface area contributed by atoms with Gasteiger partial charge in [0.15, 0.2) is 5.03 Å². The normalized spacial score (nSPS) is 13.9. The summed E-state index contributed by atoms with van der Waals surface area (Å²) < 4.78 is 26.3. The van der Waals surface area contributed by atoms with E-state index in [2.05, 4.69) is 9.97 Å². The molecule has 0 saturated heterocycles. The highest BCUT2D eigenvalue weighted by Crippen LogP contribution is 2.27. The summed E-state index contributed by atoms with van der Waals surface area (Å²) in [6.07, 6.45) is 2.06. The molecule has 2 rings (SSSR count). The Hall–Kier alpha value is -1.18. The highest BCUT2D eigenvalue weighted by Gasteiger charge is 2.28. The summed E-state index contributed by atoms with van der Waals surface area (Å²) >= 11 is 1.55. The van der Waals surface area contributed by atoms with Crippen molar-refractivity contribution in [3.63, 3.8) is 0 Å². The van der Waals surface area contributed by atoms with Gasteiger partial charge in [-0.25, -0.2) is 13.4 Å². The molecule has 0 saturated carbocycles. The number of nitrogens with one attached hydrogen (secondary N) is 1. The van der Waals surface area contributed by atoms with Crippen molar-refractivity contribution < 1.29 is 8.42 Å². The van der Waals surface area contributed by atoms with Crippen LogP contribution in [0.1, 0.15) is 30.6 Å². The monoisotopic (exact) mass is 299 g/mol. The molecule has 1 atom stereocenters. The topological polar surface area (TPSA) is 66.1 Å². The zero-order valence-electron chi connectivity index (χ0n) is 11.1. The van der Waals surface area contributed by atoms with Crippen molar-refractivity contribution >= 4 is 21.4 Å². The van der Waals surface area contributed by atoms with Gasteiger partial charge in [-0.05, 0) is 18.4 Å². The van der Waals surface area contributed by atoms with Crippen molar-refractivity contribution in [3.05, 3.63) is 34.4 Å². The quantitative estimate of drug-likeness (QED) is 0.922. The maximum Gasteiger partial charge on any atom is 0.260 e. The molecule has 0 aliphatic heterocycles. The Morgan fingerprint density at radius 1 is 1.53 bits per heavy atom. The summed E-state index contributed by atoms with van der Waals surface area (Å²) in [5.41, 5.74) is 0. The first-order chi connectivity index (χ1) is 8.96. The lowest BCUT2D eigenvalue weighted by Crippen LogP contribution is -2.29. The van der Waals surface area contributed by atoms with E-state index < -0.39 is 10.0 Å². The molecule has 0 bridgehead atoms. The number of aromatic amines is 1. The van der Waals surface area contributed by atoms with Gasteiger partial charge in [0.1, 0.15) is 5.82 Å². The molecule has 0 amide bonds. The van der Waals surface area contributed by atoms with Gasteiger partial charge in [-0.2, -0.15) is 4.31 Å². The number of aryl methyl sites for hydroxylation is 1. The molecular weight excluding hydrogens is 282 g/mol. The van der Waals surface area contributed by atoms with E-state index >= 15 is 0 Å². The third-order valence-corrected chi connectivity index (χ3v) is 5.98. The minimum atomic E-state index is -3.53. The largest absolute Gasteiger partial charge is 0.332 e. The van der Waals surface area contributed by atoms with Crippen LogP contribution in [0, 0.1) is 0 Å². The van der Waals surface area contributed by atoms with Gasteiger partial charge in [0, 0.05) is 18.3 Å². The molecule has 104 valence electrons. The second-order valence-corrected chi connectivity index (χ2v) is 7.21. The number of aromatic nitrogens is 2. The van der Waals surface area contributed by atoms with Gasteiger partial charge in [-0.15, -0.1) is 11.3 Å². The summed E-state index contributed by atoms with van der Waals surface area (Å²) in [5, 5.41) is 2.09. The molecule has 1 unspecified atom stereocenters. The Morgan fingerprint density at radius 2 is 2.26 bits per heavy atom. The number of thiophene rings is 1. The maximum atomic E-state index is 12.5. The van der Waals surface area contributed by atoms with Crippen LogP contribution in [-0.4, -0.2) is 29.7 Å². The molecule has 0 aromatic carbocycles. The first-order valence-corrected chi connectivity index (χ1v) is 8.34. The van der Waals surface area contributed by atoms with Crippen molar-refractivity contribution in [2.75, 3.05) is 7.05 Å². The number of sulfonamides is 1. The molecule has 2 aromatic rings. The third kappa shape index (κ3) is 2.72. The zero-order chi connectivity index (χ0) is 14.0. The minimum absolute atomic E-state index is 0.148. The van der Waals surface area contributed by atoms with Gasteiger partial charge in [0.2, 0.25) is 0 Å². The average molecular weight is 299 g/mol. The second-order valence-electron chi connectivity index (χ2n) is 4.26. The predicted molar refractivity (Wildman–Crippen MR) is 75.6 cm³/mol. The lowest BCUT2D eigenvalue weighted by Gasteiger charge is -2.22. The van der Waals surface area contributed by atoms with E-state index in [4.69, 9.17) is 0 Å². The molecule has 19 heavy (non-hydrogen) atoms. The molecule has 1 N–H and O–H groups in total. The van der Waals surface area contributed by atoms with Gasteiger partial charge in [0.25, 0.3) is 10.0 Å². The number of H-pyrrole nitrogens is 1. The van der Waals surface area contributed by atoms with Crippen molar-refractivity contribution in [2.45, 2.75) is 31.3 Å². The number of imidazole rings is 1. The first-order valence-electron chi connectivity index (χ1n) is 6.02. The van der Waals surface area contributed by atoms with E-state index in [-0.39, 0.29) is 11.1 Å². The SMILES string of the molecule is CCc1ncc(S(=O)(=O)N(C)C(C)c2cccs2)[nH]1. The lowest BCUT2D eigenvalue weighted by atomic mass is 10.3. The molecule has 5 nitrogen and oxygen atoms in total. The predicted octanol–water partition coefficient (Wildman–Crippen LogP) is 2.42. The van der Waals surface area contributed by atoms with E-state index in [0.717, 1.165) is 4.88 Å². The molecule has 2 heterocycles. The van der Waals surface area contributed by atoms with Crippen molar-refractivity contribution in [3.8, 4) is 0 Å². The van der Waals surface area contributed by atoms with E-state index in [0.29, 0.717) is 12.2 Å². The van der Waals surface area contributed by atoms with Crippen LogP contribution >= 0.6 is 11.3 Å². The van der Waals surface area contributed by atoms with Crippen LogP contribution in [0.15, 0.2) is 28.7 Å². The Morgan fingerprint density at radius 3 is 2.79 bits per heavy atom. The summed E-state index contributed by atoms with van der Waals surface area (Å²) in [4.78, 5) is 7.91. The van der Waals surface area contributed by atoms with E-state index in [1.54, 1.807) is 18.4 Å². The van der Waals surface area contributed by atoms with Crippen LogP contribution in [0.4, 0.5) is 0 Å². The Labute approximate surface area is 117 Å². The van der Waals surface area contributed by atoms with Crippen molar-refractivity contribution in [1.82, 2.24) is 14.3 Å². The summed E-state index contributed by atoms with van der Waals surface area (Å²) in [7, 11) is -1.94. The highest BCUT2D eigenvalue weighted by atomic mass is 32.2. The number of hydrogen-bond acceptors (Lipinski definition) is 4. The molecule has 0 fully saturated rings. The number of hydrogen-bond donors (Lipinski definition) is 1. The molecule has 0 spiro atoms. The standard InChI is InChI=1S/C12H17N3O2S2/c1-4-11-13-8-12(14-11)19(16,17)15(3)9(2)10-6-5-7-18-10/h5-9H,4H2,1-3H3,(H,13,14). The smallest absolute Gasteiger partial charge is 0.260 e. The Kier molecular flexibility index (Phi) is 4.07. The first kappa shape index (κ1) is 14.2. The zero-order valence-corrected chi connectivity index (χ0v) is 12.8. The van der Waals surface area contributed by atoms with Gasteiger partial charge >= 0.3 is 0 Å². The fourth-order valence-corrected chi connectivity index (χ4v) is 3.89. The molecule has 7 heteroatoms. The van der Waals surface area contributed by atoms with Crippen LogP contribution in [0.25, 0.3) is 0 Å². The van der Waals surface area contributed by atoms with Crippen molar-refractivity contribution in [1.29, 1.82) is 0 Å². The molecule has 0 aliphatic rings. The maximum absolute atomic E-state index is 12.5. The van der Waals surface area contributed by atoms with Gasteiger partial charge in [0.05, 0.1) is 12.2 Å². The van der Waals surface area contributed by atoms with E-state index in [1.165, 1.54) is 10.5 Å². The second kappa shape index (κ2) is 5.44. The molecular formula is C12H17N3O2S2. The third-order valence-electron chi connectivity index (χ3n) is 3.10. The van der Waals surface area contributed by atoms with Gasteiger partial charge < -0.3 is 4.98 Å². The van der Waals surface area contributed by atoms with E-state index in [9.17, 15) is 8.42 Å². The summed E-state index contributed by atoms with van der Waals surface area (Å²) in [6.45, 7) is 3.80. The summed E-state index contributed by atoms with van der Waals surface area (Å²) in [5.74, 6) is 0.677. The fraction of sp³-hybridized carbons (Fsp3) is 0.417. The molecule has 2 aromatic heterocycles. The van der Waals surface area contributed by atoms with E-state index in [1.807, 2.05) is 31.4 Å². The van der Waals surface area contributed by atoms with Crippen LogP contribution in [0.2, 0.25) is 0 Å². The van der Waals surface area contributed by atoms with Gasteiger partial charge in [-0.3, -0.25) is 0 Å². The minimum Gasteiger partial charge on any atom is -0.332 e. The summed E-state index contributed by atoms with van der Waals surface area (Å²) in [6, 6.07) is 3.66. The lowest BCUT2D eigenvalue weighted by molar-refractivity contribution is 0.401. The Bertz CT molecular complexity index is 632. The highest BCUT2D eigenvalue weighted by molar-refractivity contribution is 7.89. The van der Waals surface area contributed by atoms with Crippen LogP contribution in [0.5, 0.6) is 0 Å². The average Bonchev–Trinajstić information content (AvgIpc) is 3.07. The molecule has 0 aliphatic carbocycles. The number of nitrogens with zero attached hydrogens (tertiary/aromatic N) is 2. The fourth-order valence-electron chi connectivity index (χ4n) is 1.73. The molecule has 0 radical (unpaired) electrons. The Balaban J connectivity index is 2.28. The van der Waals surface area contributed by atoms with Crippen LogP contribution in [-0.2, 0) is 16.4 Å².